The minimum absolute atomic E-state index is 0.0880. The van der Waals surface area contributed by atoms with Crippen LogP contribution in [0.25, 0.3) is 0 Å². The molecule has 0 heterocycles. The summed E-state index contributed by atoms with van der Waals surface area (Å²) < 4.78 is 11.2. The van der Waals surface area contributed by atoms with E-state index in [1.54, 1.807) is 25.3 Å². The van der Waals surface area contributed by atoms with E-state index in [1.165, 1.54) is 0 Å². The van der Waals surface area contributed by atoms with Gasteiger partial charge in [0.05, 0.1) is 7.11 Å². The van der Waals surface area contributed by atoms with Crippen LogP contribution < -0.4 is 9.47 Å². The van der Waals surface area contributed by atoms with Crippen LogP contribution in [0.3, 0.4) is 0 Å². The Hall–Kier alpha value is -2.68. The minimum Gasteiger partial charge on any atom is -0.504 e. The van der Waals surface area contributed by atoms with Gasteiger partial charge < -0.3 is 14.6 Å². The Labute approximate surface area is 131 Å². The van der Waals surface area contributed by atoms with Crippen molar-refractivity contribution >= 4 is 0 Å². The summed E-state index contributed by atoms with van der Waals surface area (Å²) in [6.07, 6.45) is 5.11. The second-order valence-electron chi connectivity index (χ2n) is 4.87. The first-order chi connectivity index (χ1) is 10.7. The molecule has 0 unspecified atom stereocenters. The summed E-state index contributed by atoms with van der Waals surface area (Å²) in [5.41, 5.74) is 2.11. The molecule has 0 atom stereocenters. The Morgan fingerprint density at radius 2 is 1.50 bits per heavy atom. The highest BCUT2D eigenvalue weighted by Gasteiger charge is 2.10. The predicted molar refractivity (Wildman–Crippen MR) is 89.0 cm³/mol. The van der Waals surface area contributed by atoms with Gasteiger partial charge in [-0.2, -0.15) is 0 Å². The number of aromatic hydroxyl groups is 1. The molecule has 3 heteroatoms. The maximum absolute atomic E-state index is 9.96. The molecule has 1 N–H and O–H groups in total. The molecule has 3 nitrogen and oxygen atoms in total. The fraction of sp³-hybridized carbons (Fsp3) is 0.158. The number of allylic oxidation sites excluding steroid dienone is 2. The summed E-state index contributed by atoms with van der Waals surface area (Å²) in [7, 11) is 1.59. The highest BCUT2D eigenvalue weighted by molar-refractivity contribution is 5.49. The van der Waals surface area contributed by atoms with Crippen LogP contribution in [0.15, 0.2) is 61.7 Å². The van der Waals surface area contributed by atoms with Crippen LogP contribution in [-0.2, 0) is 12.8 Å². The van der Waals surface area contributed by atoms with Crippen molar-refractivity contribution in [3.05, 3.63) is 72.8 Å². The topological polar surface area (TPSA) is 38.7 Å². The Bertz CT molecular complexity index is 674. The molecule has 0 fully saturated rings. The van der Waals surface area contributed by atoms with Crippen LogP contribution in [0.1, 0.15) is 11.1 Å². The van der Waals surface area contributed by atoms with Crippen molar-refractivity contribution < 1.29 is 14.6 Å². The van der Waals surface area contributed by atoms with Crippen LogP contribution in [-0.4, -0.2) is 12.2 Å². The zero-order chi connectivity index (χ0) is 15.9. The number of benzene rings is 2. The molecule has 0 aliphatic carbocycles. The summed E-state index contributed by atoms with van der Waals surface area (Å²) in [4.78, 5) is 0. The molecule has 0 aliphatic heterocycles. The molecule has 2 aromatic rings. The van der Waals surface area contributed by atoms with Gasteiger partial charge in [-0.05, 0) is 48.2 Å². The lowest BCUT2D eigenvalue weighted by molar-refractivity contribution is 0.366. The average molecular weight is 296 g/mol. The van der Waals surface area contributed by atoms with Crippen molar-refractivity contribution in [1.29, 1.82) is 0 Å². The van der Waals surface area contributed by atoms with Crippen LogP contribution >= 0.6 is 0 Å². The summed E-state index contributed by atoms with van der Waals surface area (Å²) in [6.45, 7) is 7.44. The Balaban J connectivity index is 2.31. The first-order valence-electron chi connectivity index (χ1n) is 7.06. The standard InChI is InChI=1S/C19H20O3/c1-4-6-14-8-10-16(20)18(12-14)22-17-11-9-15(7-5-2)13-19(17)21-3/h4-5,8-13,20H,1-2,6-7H2,3H3. The Kier molecular flexibility index (Phi) is 5.26. The monoisotopic (exact) mass is 296 g/mol. The van der Waals surface area contributed by atoms with Crippen molar-refractivity contribution in [1.82, 2.24) is 0 Å². The van der Waals surface area contributed by atoms with Crippen molar-refractivity contribution in [2.24, 2.45) is 0 Å². The zero-order valence-corrected chi connectivity index (χ0v) is 12.7. The quantitative estimate of drug-likeness (QED) is 0.756. The second-order valence-corrected chi connectivity index (χ2v) is 4.87. The van der Waals surface area contributed by atoms with E-state index in [9.17, 15) is 5.11 Å². The van der Waals surface area contributed by atoms with Gasteiger partial charge in [0, 0.05) is 0 Å². The van der Waals surface area contributed by atoms with Gasteiger partial charge in [0.2, 0.25) is 0 Å². The SMILES string of the molecule is C=CCc1ccc(O)c(Oc2ccc(CC=C)cc2OC)c1. The van der Waals surface area contributed by atoms with E-state index in [0.717, 1.165) is 17.5 Å². The van der Waals surface area contributed by atoms with Crippen molar-refractivity contribution in [2.75, 3.05) is 7.11 Å². The highest BCUT2D eigenvalue weighted by Crippen LogP contribution is 2.37. The van der Waals surface area contributed by atoms with Gasteiger partial charge in [-0.3, -0.25) is 0 Å². The molecular weight excluding hydrogens is 276 g/mol. The third kappa shape index (κ3) is 3.70. The van der Waals surface area contributed by atoms with Gasteiger partial charge in [-0.1, -0.05) is 24.3 Å². The Morgan fingerprint density at radius 1 is 0.909 bits per heavy atom. The lowest BCUT2D eigenvalue weighted by Crippen LogP contribution is -1.93. The first kappa shape index (κ1) is 15.7. The number of methoxy groups -OCH3 is 1. The molecule has 2 rings (SSSR count). The van der Waals surface area contributed by atoms with Crippen LogP contribution in [0, 0.1) is 0 Å². The van der Waals surface area contributed by atoms with Crippen LogP contribution in [0.2, 0.25) is 0 Å². The number of rotatable bonds is 7. The molecule has 2 aromatic carbocycles. The lowest BCUT2D eigenvalue weighted by atomic mass is 10.1. The largest absolute Gasteiger partial charge is 0.504 e. The predicted octanol–water partition coefficient (Wildman–Crippen LogP) is 4.65. The summed E-state index contributed by atoms with van der Waals surface area (Å²) in [5.74, 6) is 1.66. The van der Waals surface area contributed by atoms with E-state index in [1.807, 2.05) is 30.3 Å². The fourth-order valence-electron chi connectivity index (χ4n) is 2.14. The number of ether oxygens (including phenoxy) is 2. The van der Waals surface area contributed by atoms with Gasteiger partial charge in [0.1, 0.15) is 0 Å². The van der Waals surface area contributed by atoms with E-state index in [0.29, 0.717) is 23.7 Å². The van der Waals surface area contributed by atoms with Gasteiger partial charge in [0.25, 0.3) is 0 Å². The fourth-order valence-corrected chi connectivity index (χ4v) is 2.14. The molecule has 0 saturated carbocycles. The van der Waals surface area contributed by atoms with Gasteiger partial charge in [0.15, 0.2) is 23.0 Å². The third-order valence-corrected chi connectivity index (χ3v) is 3.23. The molecule has 0 saturated heterocycles. The highest BCUT2D eigenvalue weighted by atomic mass is 16.5. The van der Waals surface area contributed by atoms with E-state index in [2.05, 4.69) is 13.2 Å². The maximum atomic E-state index is 9.96. The molecule has 22 heavy (non-hydrogen) atoms. The molecule has 114 valence electrons. The Morgan fingerprint density at radius 3 is 2.09 bits per heavy atom. The van der Waals surface area contributed by atoms with Gasteiger partial charge in [-0.25, -0.2) is 0 Å². The molecule has 0 bridgehead atoms. The molecule has 0 amide bonds. The summed E-state index contributed by atoms with van der Waals surface area (Å²) in [5, 5.41) is 9.96. The van der Waals surface area contributed by atoms with E-state index in [4.69, 9.17) is 9.47 Å². The normalized spacial score (nSPS) is 10.0. The first-order valence-corrected chi connectivity index (χ1v) is 7.06. The number of phenols is 1. The van der Waals surface area contributed by atoms with E-state index >= 15 is 0 Å². The number of hydrogen-bond acceptors (Lipinski definition) is 3. The van der Waals surface area contributed by atoms with Crippen LogP contribution in [0.4, 0.5) is 0 Å². The zero-order valence-electron chi connectivity index (χ0n) is 12.7. The lowest BCUT2D eigenvalue weighted by Gasteiger charge is -2.13. The van der Waals surface area contributed by atoms with Crippen LogP contribution in [0.5, 0.6) is 23.0 Å². The van der Waals surface area contributed by atoms with Gasteiger partial charge in [-0.15, -0.1) is 13.2 Å². The van der Waals surface area contributed by atoms with Crippen molar-refractivity contribution in [3.63, 3.8) is 0 Å². The third-order valence-electron chi connectivity index (χ3n) is 3.23. The van der Waals surface area contributed by atoms with E-state index < -0.39 is 0 Å². The second kappa shape index (κ2) is 7.36. The van der Waals surface area contributed by atoms with Gasteiger partial charge >= 0.3 is 0 Å². The van der Waals surface area contributed by atoms with Crippen molar-refractivity contribution in [2.45, 2.75) is 12.8 Å². The molecule has 0 aliphatic rings. The molecule has 0 radical (unpaired) electrons. The molecule has 0 aromatic heterocycles. The van der Waals surface area contributed by atoms with E-state index in [-0.39, 0.29) is 5.75 Å². The van der Waals surface area contributed by atoms with Crippen molar-refractivity contribution in [3.8, 4) is 23.0 Å². The molecular formula is C19H20O3. The smallest absolute Gasteiger partial charge is 0.169 e. The summed E-state index contributed by atoms with van der Waals surface area (Å²) >= 11 is 0. The maximum Gasteiger partial charge on any atom is 0.169 e. The number of hydrogen-bond donors (Lipinski definition) is 1. The summed E-state index contributed by atoms with van der Waals surface area (Å²) in [6, 6.07) is 10.9. The number of phenolic OH excluding ortho intramolecular Hbond substituents is 1. The minimum atomic E-state index is 0.0880. The average Bonchev–Trinajstić information content (AvgIpc) is 2.52. The molecule has 0 spiro atoms.